The molecule has 0 atom stereocenters. The Bertz CT molecular complexity index is 511. The maximum Gasteiger partial charge on any atom is 0.123 e. The van der Waals surface area contributed by atoms with Crippen molar-refractivity contribution >= 4 is 34.5 Å². The molecular formula is C12H9Cl2NS. The van der Waals surface area contributed by atoms with Crippen LogP contribution in [0.25, 0.3) is 10.6 Å². The maximum atomic E-state index is 5.97. The average Bonchev–Trinajstić information content (AvgIpc) is 2.95. The van der Waals surface area contributed by atoms with E-state index in [0.29, 0.717) is 16.0 Å². The summed E-state index contributed by atoms with van der Waals surface area (Å²) in [6.45, 7) is 0. The summed E-state index contributed by atoms with van der Waals surface area (Å²) < 4.78 is 0. The van der Waals surface area contributed by atoms with Gasteiger partial charge in [-0.25, -0.2) is 4.98 Å². The number of thiazole rings is 1. The van der Waals surface area contributed by atoms with E-state index < -0.39 is 0 Å². The molecule has 1 aromatic carbocycles. The second kappa shape index (κ2) is 4.02. The first kappa shape index (κ1) is 10.6. The van der Waals surface area contributed by atoms with E-state index in [1.54, 1.807) is 17.4 Å². The molecule has 0 aliphatic heterocycles. The van der Waals surface area contributed by atoms with Crippen molar-refractivity contribution in [1.29, 1.82) is 0 Å². The van der Waals surface area contributed by atoms with Gasteiger partial charge in [0.15, 0.2) is 0 Å². The monoisotopic (exact) mass is 269 g/mol. The third-order valence-corrected chi connectivity index (χ3v) is 3.97. The van der Waals surface area contributed by atoms with Crippen molar-refractivity contribution in [2.75, 3.05) is 0 Å². The summed E-state index contributed by atoms with van der Waals surface area (Å²) in [7, 11) is 0. The first-order valence-electron chi connectivity index (χ1n) is 5.14. The third-order valence-electron chi connectivity index (χ3n) is 2.63. The molecule has 1 aliphatic carbocycles. The molecule has 0 saturated heterocycles. The summed E-state index contributed by atoms with van der Waals surface area (Å²) in [5.74, 6) is 0.694. The predicted molar refractivity (Wildman–Crippen MR) is 69.5 cm³/mol. The quantitative estimate of drug-likeness (QED) is 0.748. The fraction of sp³-hybridized carbons (Fsp3) is 0.250. The van der Waals surface area contributed by atoms with E-state index in [4.69, 9.17) is 23.2 Å². The maximum absolute atomic E-state index is 5.97. The summed E-state index contributed by atoms with van der Waals surface area (Å²) in [5.41, 5.74) is 2.23. The highest BCUT2D eigenvalue weighted by Crippen LogP contribution is 2.41. The molecule has 1 aliphatic rings. The Labute approximate surface area is 108 Å². The van der Waals surface area contributed by atoms with Crippen LogP contribution >= 0.6 is 34.5 Å². The summed E-state index contributed by atoms with van der Waals surface area (Å²) in [6, 6.07) is 5.55. The van der Waals surface area contributed by atoms with Crippen LogP contribution in [-0.2, 0) is 0 Å². The van der Waals surface area contributed by atoms with Crippen LogP contribution in [0.2, 0.25) is 10.0 Å². The van der Waals surface area contributed by atoms with Gasteiger partial charge in [-0.3, -0.25) is 0 Å². The molecule has 4 heteroatoms. The van der Waals surface area contributed by atoms with E-state index in [1.165, 1.54) is 18.5 Å². The van der Waals surface area contributed by atoms with E-state index in [0.717, 1.165) is 10.6 Å². The van der Waals surface area contributed by atoms with Crippen molar-refractivity contribution in [2.24, 2.45) is 0 Å². The highest BCUT2D eigenvalue weighted by molar-refractivity contribution is 7.13. The zero-order valence-corrected chi connectivity index (χ0v) is 10.7. The molecule has 1 nitrogen and oxygen atoms in total. The first-order valence-corrected chi connectivity index (χ1v) is 6.78. The number of nitrogens with zero attached hydrogens (tertiary/aromatic N) is 1. The summed E-state index contributed by atoms with van der Waals surface area (Å²) in [6.07, 6.45) is 2.55. The van der Waals surface area contributed by atoms with Gasteiger partial charge in [-0.1, -0.05) is 23.2 Å². The topological polar surface area (TPSA) is 12.9 Å². The van der Waals surface area contributed by atoms with Gasteiger partial charge in [0.2, 0.25) is 0 Å². The molecule has 1 saturated carbocycles. The van der Waals surface area contributed by atoms with Gasteiger partial charge in [-0.15, -0.1) is 11.3 Å². The lowest BCUT2D eigenvalue weighted by molar-refractivity contribution is 1.05. The molecule has 0 unspecified atom stereocenters. The molecule has 1 aromatic heterocycles. The highest BCUT2D eigenvalue weighted by Gasteiger charge is 2.26. The molecule has 0 spiro atoms. The lowest BCUT2D eigenvalue weighted by Gasteiger charge is -1.98. The smallest absolute Gasteiger partial charge is 0.123 e. The minimum atomic E-state index is 0.658. The van der Waals surface area contributed by atoms with Crippen molar-refractivity contribution in [3.63, 3.8) is 0 Å². The molecule has 1 heterocycles. The Morgan fingerprint density at radius 2 is 1.81 bits per heavy atom. The van der Waals surface area contributed by atoms with Crippen LogP contribution < -0.4 is 0 Å². The zero-order chi connectivity index (χ0) is 11.1. The van der Waals surface area contributed by atoms with Gasteiger partial charge in [0.25, 0.3) is 0 Å². The fourth-order valence-corrected chi connectivity index (χ4v) is 3.08. The molecule has 0 radical (unpaired) electrons. The minimum absolute atomic E-state index is 0.658. The van der Waals surface area contributed by atoms with E-state index >= 15 is 0 Å². The molecule has 0 bridgehead atoms. The van der Waals surface area contributed by atoms with E-state index in [9.17, 15) is 0 Å². The normalized spacial score (nSPS) is 15.4. The second-order valence-electron chi connectivity index (χ2n) is 4.01. The van der Waals surface area contributed by atoms with Gasteiger partial charge in [0.1, 0.15) is 5.01 Å². The number of hydrogen-bond acceptors (Lipinski definition) is 2. The number of rotatable bonds is 2. The molecule has 0 N–H and O–H groups in total. The highest BCUT2D eigenvalue weighted by atomic mass is 35.5. The van der Waals surface area contributed by atoms with Crippen molar-refractivity contribution in [3.8, 4) is 10.6 Å². The molecular weight excluding hydrogens is 261 g/mol. The average molecular weight is 270 g/mol. The number of aromatic nitrogens is 1. The van der Waals surface area contributed by atoms with Gasteiger partial charge in [0.05, 0.1) is 5.69 Å². The van der Waals surface area contributed by atoms with E-state index in [2.05, 4.69) is 10.4 Å². The van der Waals surface area contributed by atoms with Crippen LogP contribution in [0.15, 0.2) is 23.6 Å². The number of benzene rings is 1. The van der Waals surface area contributed by atoms with Crippen LogP contribution in [0.3, 0.4) is 0 Å². The fourth-order valence-electron chi connectivity index (χ4n) is 1.66. The standard InChI is InChI=1S/C12H9Cl2NS/c13-9-3-8(4-10(14)5-9)12-15-11(6-16-12)7-1-2-7/h3-7H,1-2H2. The zero-order valence-electron chi connectivity index (χ0n) is 8.41. The largest absolute Gasteiger partial charge is 0.241 e. The Balaban J connectivity index is 2.00. The Morgan fingerprint density at radius 3 is 2.44 bits per heavy atom. The summed E-state index contributed by atoms with van der Waals surface area (Å²) in [5, 5.41) is 4.46. The second-order valence-corrected chi connectivity index (χ2v) is 5.74. The number of halogens is 2. The Morgan fingerprint density at radius 1 is 1.12 bits per heavy atom. The molecule has 1 fully saturated rings. The van der Waals surface area contributed by atoms with Crippen LogP contribution in [-0.4, -0.2) is 4.98 Å². The van der Waals surface area contributed by atoms with Crippen LogP contribution in [0.4, 0.5) is 0 Å². The van der Waals surface area contributed by atoms with Gasteiger partial charge >= 0.3 is 0 Å². The SMILES string of the molecule is Clc1cc(Cl)cc(-c2nc(C3CC3)cs2)c1. The van der Waals surface area contributed by atoms with Gasteiger partial charge < -0.3 is 0 Å². The van der Waals surface area contributed by atoms with Crippen molar-refractivity contribution < 1.29 is 0 Å². The lowest BCUT2D eigenvalue weighted by Crippen LogP contribution is -1.80. The molecule has 2 aromatic rings. The molecule has 82 valence electrons. The molecule has 3 rings (SSSR count). The summed E-state index contributed by atoms with van der Waals surface area (Å²) >= 11 is 13.6. The van der Waals surface area contributed by atoms with Gasteiger partial charge in [0, 0.05) is 26.9 Å². The van der Waals surface area contributed by atoms with Crippen molar-refractivity contribution in [2.45, 2.75) is 18.8 Å². The van der Waals surface area contributed by atoms with E-state index in [-0.39, 0.29) is 0 Å². The molecule has 16 heavy (non-hydrogen) atoms. The lowest BCUT2D eigenvalue weighted by atomic mass is 10.2. The molecule has 0 amide bonds. The van der Waals surface area contributed by atoms with Crippen molar-refractivity contribution in [3.05, 3.63) is 39.3 Å². The Hall–Kier alpha value is -0.570. The number of hydrogen-bond donors (Lipinski definition) is 0. The minimum Gasteiger partial charge on any atom is -0.241 e. The summed E-state index contributed by atoms with van der Waals surface area (Å²) in [4.78, 5) is 4.63. The first-order chi connectivity index (χ1) is 7.72. The predicted octanol–water partition coefficient (Wildman–Crippen LogP) is 4.99. The van der Waals surface area contributed by atoms with Gasteiger partial charge in [-0.05, 0) is 31.0 Å². The third kappa shape index (κ3) is 2.10. The van der Waals surface area contributed by atoms with Crippen LogP contribution in [0, 0.1) is 0 Å². The van der Waals surface area contributed by atoms with Crippen LogP contribution in [0.1, 0.15) is 24.5 Å². The Kier molecular flexibility index (Phi) is 2.66. The van der Waals surface area contributed by atoms with E-state index in [1.807, 2.05) is 12.1 Å². The van der Waals surface area contributed by atoms with Gasteiger partial charge in [-0.2, -0.15) is 0 Å². The van der Waals surface area contributed by atoms with Crippen molar-refractivity contribution in [1.82, 2.24) is 4.98 Å². The van der Waals surface area contributed by atoms with Crippen LogP contribution in [0.5, 0.6) is 0 Å².